The molecular formula is C14H32N2O2. The molecule has 0 unspecified atom stereocenters. The summed E-state index contributed by atoms with van der Waals surface area (Å²) in [7, 11) is 1.97. The minimum Gasteiger partial charge on any atom is -0.380 e. The summed E-state index contributed by atoms with van der Waals surface area (Å²) < 4.78 is 10.6. The number of ether oxygens (including phenoxy) is 2. The van der Waals surface area contributed by atoms with Crippen LogP contribution >= 0.6 is 0 Å². The molecule has 0 aromatic rings. The largest absolute Gasteiger partial charge is 0.380 e. The molecule has 1 rings (SSSR count). The van der Waals surface area contributed by atoms with Crippen LogP contribution in [0.4, 0.5) is 0 Å². The molecule has 0 saturated carbocycles. The van der Waals surface area contributed by atoms with E-state index in [0.29, 0.717) is 0 Å². The van der Waals surface area contributed by atoms with Crippen LogP contribution in [0.2, 0.25) is 0 Å². The molecule has 0 spiro atoms. The third-order valence-electron chi connectivity index (χ3n) is 2.62. The van der Waals surface area contributed by atoms with Gasteiger partial charge in [0.25, 0.3) is 0 Å². The maximum atomic E-state index is 5.40. The summed E-state index contributed by atoms with van der Waals surface area (Å²) in [5, 5.41) is 3.07. The molecule has 1 fully saturated rings. The Hall–Kier alpha value is -0.160. The summed E-state index contributed by atoms with van der Waals surface area (Å²) in [6, 6.07) is 0. The quantitative estimate of drug-likeness (QED) is 0.705. The Kier molecular flexibility index (Phi) is 13.2. The van der Waals surface area contributed by atoms with E-state index in [1.165, 1.54) is 0 Å². The van der Waals surface area contributed by atoms with Gasteiger partial charge in [-0.15, -0.1) is 0 Å². The van der Waals surface area contributed by atoms with Crippen LogP contribution < -0.4 is 5.32 Å². The average molecular weight is 260 g/mol. The van der Waals surface area contributed by atoms with Gasteiger partial charge < -0.3 is 14.8 Å². The van der Waals surface area contributed by atoms with Crippen LogP contribution in [-0.2, 0) is 9.47 Å². The van der Waals surface area contributed by atoms with Crippen molar-refractivity contribution in [1.29, 1.82) is 0 Å². The van der Waals surface area contributed by atoms with Crippen molar-refractivity contribution in [1.82, 2.24) is 10.2 Å². The lowest BCUT2D eigenvalue weighted by Crippen LogP contribution is -2.38. The van der Waals surface area contributed by atoms with E-state index in [0.717, 1.165) is 64.9 Å². The van der Waals surface area contributed by atoms with Gasteiger partial charge in [0.05, 0.1) is 19.8 Å². The van der Waals surface area contributed by atoms with E-state index in [-0.39, 0.29) is 0 Å². The number of morpholine rings is 1. The van der Waals surface area contributed by atoms with E-state index >= 15 is 0 Å². The summed E-state index contributed by atoms with van der Waals surface area (Å²) >= 11 is 0. The molecule has 110 valence electrons. The Morgan fingerprint density at radius 2 is 1.89 bits per heavy atom. The van der Waals surface area contributed by atoms with Crippen molar-refractivity contribution < 1.29 is 9.47 Å². The van der Waals surface area contributed by atoms with Crippen molar-refractivity contribution in [2.45, 2.75) is 27.2 Å². The molecule has 1 aliphatic rings. The second-order valence-electron chi connectivity index (χ2n) is 5.02. The molecule has 0 radical (unpaired) electrons. The van der Waals surface area contributed by atoms with Crippen LogP contribution in [0.1, 0.15) is 27.2 Å². The lowest BCUT2D eigenvalue weighted by atomic mass is 10.2. The highest BCUT2D eigenvalue weighted by Crippen LogP contribution is 1.95. The van der Waals surface area contributed by atoms with E-state index in [1.54, 1.807) is 0 Å². The van der Waals surface area contributed by atoms with Crippen molar-refractivity contribution >= 4 is 0 Å². The Balaban J connectivity index is 0.000000411. The third kappa shape index (κ3) is 12.3. The van der Waals surface area contributed by atoms with Gasteiger partial charge in [0.1, 0.15) is 0 Å². The second-order valence-corrected chi connectivity index (χ2v) is 5.02. The summed E-state index contributed by atoms with van der Waals surface area (Å²) in [5.41, 5.74) is 0. The minimum absolute atomic E-state index is 0.787. The Morgan fingerprint density at radius 3 is 2.33 bits per heavy atom. The Bertz CT molecular complexity index is 160. The van der Waals surface area contributed by atoms with Crippen molar-refractivity contribution in [2.24, 2.45) is 5.92 Å². The lowest BCUT2D eigenvalue weighted by Gasteiger charge is -2.26. The van der Waals surface area contributed by atoms with Crippen molar-refractivity contribution in [2.75, 3.05) is 59.7 Å². The lowest BCUT2D eigenvalue weighted by molar-refractivity contribution is 0.0205. The summed E-state index contributed by atoms with van der Waals surface area (Å²) in [6.45, 7) is 14.4. The van der Waals surface area contributed by atoms with Gasteiger partial charge in [-0.3, -0.25) is 4.90 Å². The molecule has 0 aromatic carbocycles. The van der Waals surface area contributed by atoms with Crippen LogP contribution in [0.15, 0.2) is 0 Å². The number of hydrogen-bond acceptors (Lipinski definition) is 4. The molecule has 0 bridgehead atoms. The van der Waals surface area contributed by atoms with Gasteiger partial charge in [0, 0.05) is 26.2 Å². The van der Waals surface area contributed by atoms with Crippen LogP contribution in [0.3, 0.4) is 0 Å². The maximum Gasteiger partial charge on any atom is 0.0594 e. The molecule has 1 heterocycles. The molecule has 1 aliphatic heterocycles. The first kappa shape index (κ1) is 17.8. The van der Waals surface area contributed by atoms with Crippen LogP contribution in [0.25, 0.3) is 0 Å². The number of nitrogens with one attached hydrogen (secondary N) is 1. The zero-order valence-electron chi connectivity index (χ0n) is 12.7. The first-order valence-corrected chi connectivity index (χ1v) is 7.23. The summed E-state index contributed by atoms with van der Waals surface area (Å²) in [5.74, 6) is 0.787. The summed E-state index contributed by atoms with van der Waals surface area (Å²) in [4.78, 5) is 2.39. The minimum atomic E-state index is 0.787. The van der Waals surface area contributed by atoms with Crippen LogP contribution in [0.5, 0.6) is 0 Å². The molecular weight excluding hydrogens is 228 g/mol. The van der Waals surface area contributed by atoms with Crippen molar-refractivity contribution in [3.63, 3.8) is 0 Å². The highest BCUT2D eigenvalue weighted by atomic mass is 16.5. The molecule has 18 heavy (non-hydrogen) atoms. The van der Waals surface area contributed by atoms with Gasteiger partial charge in [-0.05, 0) is 25.9 Å². The molecule has 0 amide bonds. The third-order valence-corrected chi connectivity index (χ3v) is 2.62. The van der Waals surface area contributed by atoms with Gasteiger partial charge in [0.2, 0.25) is 0 Å². The van der Waals surface area contributed by atoms with Crippen LogP contribution in [-0.4, -0.2) is 64.6 Å². The van der Waals surface area contributed by atoms with Crippen molar-refractivity contribution in [3.05, 3.63) is 0 Å². The predicted molar refractivity (Wildman–Crippen MR) is 77.1 cm³/mol. The summed E-state index contributed by atoms with van der Waals surface area (Å²) in [6.07, 6.45) is 1.11. The topological polar surface area (TPSA) is 33.7 Å². The molecule has 4 heteroatoms. The Labute approximate surface area is 113 Å². The highest BCUT2D eigenvalue weighted by molar-refractivity contribution is 4.60. The normalized spacial score (nSPS) is 16.5. The SMILES string of the molecule is CCCOCCN1CCOCC1.CNCC(C)C. The fourth-order valence-electron chi connectivity index (χ4n) is 1.67. The van der Waals surface area contributed by atoms with E-state index in [4.69, 9.17) is 9.47 Å². The highest BCUT2D eigenvalue weighted by Gasteiger charge is 2.08. The molecule has 1 saturated heterocycles. The van der Waals surface area contributed by atoms with E-state index in [2.05, 4.69) is 31.0 Å². The van der Waals surface area contributed by atoms with Gasteiger partial charge in [-0.1, -0.05) is 20.8 Å². The predicted octanol–water partition coefficient (Wildman–Crippen LogP) is 1.61. The van der Waals surface area contributed by atoms with Gasteiger partial charge >= 0.3 is 0 Å². The monoisotopic (exact) mass is 260 g/mol. The smallest absolute Gasteiger partial charge is 0.0594 e. The number of rotatable bonds is 7. The van der Waals surface area contributed by atoms with Gasteiger partial charge in [-0.25, -0.2) is 0 Å². The van der Waals surface area contributed by atoms with Crippen LogP contribution in [0, 0.1) is 5.92 Å². The molecule has 4 nitrogen and oxygen atoms in total. The van der Waals surface area contributed by atoms with Crippen molar-refractivity contribution in [3.8, 4) is 0 Å². The standard InChI is InChI=1S/C9H19NO2.C5H13N/c1-2-6-11-7-3-10-4-8-12-9-5-10;1-5(2)4-6-3/h2-9H2,1H3;5-6H,4H2,1-3H3. The zero-order chi connectivity index (χ0) is 13.6. The molecule has 0 aromatic heterocycles. The zero-order valence-corrected chi connectivity index (χ0v) is 12.7. The average Bonchev–Trinajstić information content (AvgIpc) is 2.37. The van der Waals surface area contributed by atoms with Gasteiger partial charge in [-0.2, -0.15) is 0 Å². The van der Waals surface area contributed by atoms with E-state index < -0.39 is 0 Å². The number of nitrogens with zero attached hydrogens (tertiary/aromatic N) is 1. The molecule has 1 N–H and O–H groups in total. The molecule has 0 atom stereocenters. The first-order valence-electron chi connectivity index (χ1n) is 7.23. The first-order chi connectivity index (χ1) is 8.70. The van der Waals surface area contributed by atoms with E-state index in [9.17, 15) is 0 Å². The fourth-order valence-corrected chi connectivity index (χ4v) is 1.67. The van der Waals surface area contributed by atoms with Gasteiger partial charge in [0.15, 0.2) is 0 Å². The second kappa shape index (κ2) is 13.3. The Morgan fingerprint density at radius 1 is 1.22 bits per heavy atom. The number of hydrogen-bond donors (Lipinski definition) is 1. The fraction of sp³-hybridized carbons (Fsp3) is 1.00. The molecule has 0 aliphatic carbocycles. The maximum absolute atomic E-state index is 5.40. The van der Waals surface area contributed by atoms with E-state index in [1.807, 2.05) is 7.05 Å².